The van der Waals surface area contributed by atoms with Crippen LogP contribution < -0.4 is 5.32 Å². The van der Waals surface area contributed by atoms with E-state index >= 15 is 0 Å². The van der Waals surface area contributed by atoms with Gasteiger partial charge in [-0.05, 0) is 17.7 Å². The largest absolute Gasteiger partial charge is 0.305 e. The molecule has 0 aromatic heterocycles. The number of benzene rings is 1. The Morgan fingerprint density at radius 3 is 2.33 bits per heavy atom. The Hall–Kier alpha value is -0.380. The first-order valence-corrected chi connectivity index (χ1v) is 4.84. The molecule has 5 heteroatoms. The molecule has 1 nitrogen and oxygen atoms in total. The first kappa shape index (κ1) is 12.7. The zero-order chi connectivity index (χ0) is 10.2. The second kappa shape index (κ2) is 4.64. The van der Waals surface area contributed by atoms with E-state index in [1.54, 1.807) is 24.3 Å². The summed E-state index contributed by atoms with van der Waals surface area (Å²) in [6.07, 6.45) is -0.0969. The number of alkyl halides is 2. The Morgan fingerprint density at radius 2 is 1.87 bits per heavy atom. The van der Waals surface area contributed by atoms with E-state index < -0.39 is 12.0 Å². The van der Waals surface area contributed by atoms with Crippen LogP contribution >= 0.6 is 24.0 Å². The standard InChI is InChI=1S/C10H10ClF2N.ClH/c11-8-3-1-7(2-4-8)9-10(12,13)5-6-14-9;/h1-4,9,14H,5-6H2;1H. The lowest BCUT2D eigenvalue weighted by Crippen LogP contribution is -2.26. The van der Waals surface area contributed by atoms with Gasteiger partial charge >= 0.3 is 0 Å². The van der Waals surface area contributed by atoms with Gasteiger partial charge in [-0.15, -0.1) is 12.4 Å². The van der Waals surface area contributed by atoms with Gasteiger partial charge in [0.15, 0.2) is 0 Å². The fraction of sp³-hybridized carbons (Fsp3) is 0.400. The van der Waals surface area contributed by atoms with Gasteiger partial charge in [-0.2, -0.15) is 0 Å². The monoisotopic (exact) mass is 253 g/mol. The molecule has 1 aliphatic rings. The highest BCUT2D eigenvalue weighted by Gasteiger charge is 2.44. The Labute approximate surface area is 98.2 Å². The summed E-state index contributed by atoms with van der Waals surface area (Å²) < 4.78 is 26.6. The lowest BCUT2D eigenvalue weighted by Gasteiger charge is -2.19. The minimum atomic E-state index is -2.65. The molecule has 84 valence electrons. The summed E-state index contributed by atoms with van der Waals surface area (Å²) in [6.45, 7) is 0.361. The highest BCUT2D eigenvalue weighted by molar-refractivity contribution is 6.30. The summed E-state index contributed by atoms with van der Waals surface area (Å²) in [5, 5.41) is 3.35. The van der Waals surface area contributed by atoms with Crippen LogP contribution in [0.3, 0.4) is 0 Å². The molecule has 1 fully saturated rings. The molecule has 2 rings (SSSR count). The fourth-order valence-electron chi connectivity index (χ4n) is 1.69. The molecule has 1 aromatic carbocycles. The summed E-state index contributed by atoms with van der Waals surface area (Å²) in [5.41, 5.74) is 0.594. The van der Waals surface area contributed by atoms with E-state index in [0.29, 0.717) is 17.1 Å². The van der Waals surface area contributed by atoms with Crippen LogP contribution in [0.4, 0.5) is 8.78 Å². The first-order valence-electron chi connectivity index (χ1n) is 4.46. The Kier molecular flexibility index (Phi) is 3.93. The van der Waals surface area contributed by atoms with Crippen LogP contribution in [-0.2, 0) is 0 Å². The molecule has 1 atom stereocenters. The normalized spacial score (nSPS) is 23.5. The molecule has 1 N–H and O–H groups in total. The molecule has 1 aromatic rings. The fourth-order valence-corrected chi connectivity index (χ4v) is 1.82. The summed E-state index contributed by atoms with van der Waals surface area (Å²) >= 11 is 5.68. The molecule has 0 bridgehead atoms. The van der Waals surface area contributed by atoms with Gasteiger partial charge in [0.2, 0.25) is 0 Å². The molecule has 15 heavy (non-hydrogen) atoms. The third-order valence-corrected chi connectivity index (χ3v) is 2.68. The van der Waals surface area contributed by atoms with Gasteiger partial charge in [-0.25, -0.2) is 8.78 Å². The number of rotatable bonds is 1. The van der Waals surface area contributed by atoms with Crippen molar-refractivity contribution in [1.82, 2.24) is 5.32 Å². The molecule has 0 saturated carbocycles. The average Bonchev–Trinajstić information content (AvgIpc) is 2.47. The number of hydrogen-bond donors (Lipinski definition) is 1. The van der Waals surface area contributed by atoms with Crippen molar-refractivity contribution in [3.05, 3.63) is 34.9 Å². The van der Waals surface area contributed by atoms with E-state index in [2.05, 4.69) is 5.32 Å². The molecule has 0 spiro atoms. The molecule has 1 heterocycles. The summed E-state index contributed by atoms with van der Waals surface area (Å²) in [7, 11) is 0. The van der Waals surface area contributed by atoms with Gasteiger partial charge < -0.3 is 5.32 Å². The number of halogens is 4. The van der Waals surface area contributed by atoms with Gasteiger partial charge in [0.25, 0.3) is 5.92 Å². The molecule has 1 saturated heterocycles. The Morgan fingerprint density at radius 1 is 1.27 bits per heavy atom. The maximum atomic E-state index is 13.3. The third kappa shape index (κ3) is 2.60. The summed E-state index contributed by atoms with van der Waals surface area (Å²) in [5.74, 6) is -2.65. The van der Waals surface area contributed by atoms with Gasteiger partial charge in [0.05, 0.1) is 6.04 Å². The quantitative estimate of drug-likeness (QED) is 0.809. The molecular weight excluding hydrogens is 243 g/mol. The molecule has 1 aliphatic heterocycles. The maximum absolute atomic E-state index is 13.3. The van der Waals surface area contributed by atoms with Crippen LogP contribution in [-0.4, -0.2) is 12.5 Å². The summed E-state index contributed by atoms with van der Waals surface area (Å²) in [6, 6.07) is 5.68. The smallest absolute Gasteiger partial charge is 0.268 e. The van der Waals surface area contributed by atoms with Crippen LogP contribution in [0.25, 0.3) is 0 Å². The van der Waals surface area contributed by atoms with Crippen molar-refractivity contribution >= 4 is 24.0 Å². The predicted octanol–water partition coefficient (Wildman–Crippen LogP) is 3.43. The van der Waals surface area contributed by atoms with Crippen molar-refractivity contribution < 1.29 is 8.78 Å². The minimum Gasteiger partial charge on any atom is -0.305 e. The zero-order valence-corrected chi connectivity index (χ0v) is 9.42. The number of hydrogen-bond acceptors (Lipinski definition) is 1. The highest BCUT2D eigenvalue weighted by Crippen LogP contribution is 2.38. The van der Waals surface area contributed by atoms with Crippen LogP contribution in [0.5, 0.6) is 0 Å². The van der Waals surface area contributed by atoms with Gasteiger partial charge in [-0.1, -0.05) is 23.7 Å². The van der Waals surface area contributed by atoms with Crippen molar-refractivity contribution in [3.63, 3.8) is 0 Å². The minimum absolute atomic E-state index is 0. The van der Waals surface area contributed by atoms with Crippen LogP contribution in [0.15, 0.2) is 24.3 Å². The lowest BCUT2D eigenvalue weighted by molar-refractivity contribution is -0.0116. The number of nitrogens with one attached hydrogen (secondary N) is 1. The Balaban J connectivity index is 0.00000112. The van der Waals surface area contributed by atoms with E-state index in [1.165, 1.54) is 0 Å². The Bertz CT molecular complexity index is 327. The van der Waals surface area contributed by atoms with E-state index in [0.717, 1.165) is 0 Å². The van der Waals surface area contributed by atoms with Crippen molar-refractivity contribution in [3.8, 4) is 0 Å². The predicted molar refractivity (Wildman–Crippen MR) is 59.0 cm³/mol. The SMILES string of the molecule is Cl.FC1(F)CCNC1c1ccc(Cl)cc1. The van der Waals surface area contributed by atoms with Crippen molar-refractivity contribution in [2.45, 2.75) is 18.4 Å². The maximum Gasteiger partial charge on any atom is 0.268 e. The molecule has 0 amide bonds. The van der Waals surface area contributed by atoms with Gasteiger partial charge in [0, 0.05) is 18.0 Å². The van der Waals surface area contributed by atoms with E-state index in [-0.39, 0.29) is 18.8 Å². The van der Waals surface area contributed by atoms with Crippen LogP contribution in [0, 0.1) is 0 Å². The molecular formula is C10H11Cl2F2N. The first-order chi connectivity index (χ1) is 6.59. The van der Waals surface area contributed by atoms with Crippen LogP contribution in [0.2, 0.25) is 5.02 Å². The molecule has 0 radical (unpaired) electrons. The van der Waals surface area contributed by atoms with Crippen molar-refractivity contribution in [2.24, 2.45) is 0 Å². The summed E-state index contributed by atoms with van der Waals surface area (Å²) in [4.78, 5) is 0. The van der Waals surface area contributed by atoms with Gasteiger partial charge in [0.1, 0.15) is 0 Å². The highest BCUT2D eigenvalue weighted by atomic mass is 35.5. The van der Waals surface area contributed by atoms with E-state index in [1.807, 2.05) is 0 Å². The van der Waals surface area contributed by atoms with E-state index in [4.69, 9.17) is 11.6 Å². The van der Waals surface area contributed by atoms with Crippen molar-refractivity contribution in [2.75, 3.05) is 6.54 Å². The second-order valence-corrected chi connectivity index (χ2v) is 3.89. The molecule has 0 aliphatic carbocycles. The third-order valence-electron chi connectivity index (χ3n) is 2.43. The topological polar surface area (TPSA) is 12.0 Å². The van der Waals surface area contributed by atoms with Gasteiger partial charge in [-0.3, -0.25) is 0 Å². The second-order valence-electron chi connectivity index (χ2n) is 3.45. The molecule has 1 unspecified atom stereocenters. The average molecular weight is 254 g/mol. The van der Waals surface area contributed by atoms with Crippen LogP contribution in [0.1, 0.15) is 18.0 Å². The van der Waals surface area contributed by atoms with Crippen molar-refractivity contribution in [1.29, 1.82) is 0 Å². The van der Waals surface area contributed by atoms with E-state index in [9.17, 15) is 8.78 Å². The zero-order valence-electron chi connectivity index (χ0n) is 7.84. The lowest BCUT2D eigenvalue weighted by atomic mass is 10.0.